The summed E-state index contributed by atoms with van der Waals surface area (Å²) in [6.45, 7) is 17.2. The first kappa shape index (κ1) is 46.5. The van der Waals surface area contributed by atoms with Crippen LogP contribution in [0.15, 0.2) is 24.3 Å². The molecule has 6 unspecified atom stereocenters. The van der Waals surface area contributed by atoms with Crippen LogP contribution in [0.4, 0.5) is 0 Å². The van der Waals surface area contributed by atoms with Crippen molar-refractivity contribution >= 4 is 41.6 Å². The zero-order valence-electron chi connectivity index (χ0n) is 35.4. The lowest BCUT2D eigenvalue weighted by Crippen LogP contribution is -2.63. The Balaban J connectivity index is 1.46. The minimum Gasteiger partial charge on any atom is -0.463 e. The summed E-state index contributed by atoms with van der Waals surface area (Å²) in [5.41, 5.74) is 9.43. The number of piperidine rings is 2. The molecule has 3 aliphatic heterocycles. The van der Waals surface area contributed by atoms with Gasteiger partial charge in [-0.15, -0.1) is 0 Å². The molecule has 0 radical (unpaired) electrons. The highest BCUT2D eigenvalue weighted by atomic mass is 16.7. The molecule has 58 heavy (non-hydrogen) atoms. The van der Waals surface area contributed by atoms with Gasteiger partial charge in [-0.05, 0) is 93.1 Å². The SMILES string of the molecule is CC(=O)OCC1OC(OC(=N)C(Cc2ccc(C=CCCN3CCCC4(CCN(CCN)CC4)C3)cc2C)C(=N)C(C)C)C(OC(C)=O)C(OC(C)=O)C1OC(C)=O. The molecule has 15 heteroatoms. The lowest BCUT2D eigenvalue weighted by molar-refractivity contribution is -0.292. The van der Waals surface area contributed by atoms with Gasteiger partial charge in [-0.1, -0.05) is 44.2 Å². The van der Waals surface area contributed by atoms with Crippen LogP contribution in [0.25, 0.3) is 6.08 Å². The third-order valence-electron chi connectivity index (χ3n) is 11.3. The van der Waals surface area contributed by atoms with Crippen LogP contribution in [0.1, 0.15) is 90.3 Å². The predicted molar refractivity (Wildman–Crippen MR) is 218 cm³/mol. The second-order valence-electron chi connectivity index (χ2n) is 16.3. The highest BCUT2D eigenvalue weighted by Crippen LogP contribution is 2.40. The molecule has 0 aromatic heterocycles. The van der Waals surface area contributed by atoms with Crippen LogP contribution in [0.5, 0.6) is 0 Å². The lowest BCUT2D eigenvalue weighted by atomic mass is 9.72. The fourth-order valence-electron chi connectivity index (χ4n) is 8.33. The monoisotopic (exact) mass is 811 g/mol. The molecule has 1 aromatic rings. The van der Waals surface area contributed by atoms with Gasteiger partial charge in [0.1, 0.15) is 12.7 Å². The molecule has 15 nitrogen and oxygen atoms in total. The Bertz CT molecular complexity index is 1640. The summed E-state index contributed by atoms with van der Waals surface area (Å²) in [7, 11) is 0. The number of nitrogens with one attached hydrogen (secondary N) is 2. The molecule has 4 rings (SSSR count). The minimum absolute atomic E-state index is 0.236. The highest BCUT2D eigenvalue weighted by Gasteiger charge is 2.54. The van der Waals surface area contributed by atoms with Gasteiger partial charge in [-0.2, -0.15) is 0 Å². The van der Waals surface area contributed by atoms with Gasteiger partial charge in [-0.25, -0.2) is 0 Å². The number of nitrogens with zero attached hydrogens (tertiary/aromatic N) is 2. The van der Waals surface area contributed by atoms with Gasteiger partial charge in [0.25, 0.3) is 0 Å². The van der Waals surface area contributed by atoms with Crippen molar-refractivity contribution in [1.29, 1.82) is 10.8 Å². The standard InChI is InChI=1S/C43H65N5O10/c1-27(2)37(45)35(41(46)58-42-40(56-32(7)52)39(55-31(6)51)38(54-30(5)50)36(57-42)25-53-29(4)49)24-34-13-12-33(23-28(34)3)11-8-9-18-48-19-10-14-43(26-48)15-20-47(21-16-43)22-17-44/h8,11-13,23,27,35-36,38-40,42,45-46H,9-10,14-22,24-26,44H2,1-7H3. The van der Waals surface area contributed by atoms with Crippen molar-refractivity contribution in [3.63, 3.8) is 0 Å². The van der Waals surface area contributed by atoms with Gasteiger partial charge >= 0.3 is 23.9 Å². The van der Waals surface area contributed by atoms with Crippen LogP contribution in [0.3, 0.4) is 0 Å². The zero-order chi connectivity index (χ0) is 42.6. The van der Waals surface area contributed by atoms with Crippen molar-refractivity contribution in [3.05, 3.63) is 41.0 Å². The predicted octanol–water partition coefficient (Wildman–Crippen LogP) is 4.45. The normalized spacial score (nSPS) is 24.3. The summed E-state index contributed by atoms with van der Waals surface area (Å²) in [5.74, 6) is -4.39. The van der Waals surface area contributed by atoms with Crippen LogP contribution in [0, 0.1) is 35.0 Å². The van der Waals surface area contributed by atoms with Crippen molar-refractivity contribution in [2.75, 3.05) is 52.4 Å². The zero-order valence-corrected chi connectivity index (χ0v) is 35.4. The van der Waals surface area contributed by atoms with E-state index in [9.17, 15) is 19.2 Å². The Morgan fingerprint density at radius 2 is 1.53 bits per heavy atom. The number of esters is 4. The van der Waals surface area contributed by atoms with E-state index in [1.807, 2.05) is 32.9 Å². The molecule has 3 aliphatic rings. The lowest BCUT2D eigenvalue weighted by Gasteiger charge is -2.47. The Morgan fingerprint density at radius 1 is 0.879 bits per heavy atom. The quantitative estimate of drug-likeness (QED) is 0.0863. The van der Waals surface area contributed by atoms with Gasteiger partial charge < -0.3 is 49.4 Å². The molecule has 0 amide bonds. The average Bonchev–Trinajstić information content (AvgIpc) is 3.15. The van der Waals surface area contributed by atoms with Crippen molar-refractivity contribution in [2.45, 2.75) is 118 Å². The number of nitrogens with two attached hydrogens (primary N) is 1. The largest absolute Gasteiger partial charge is 0.463 e. The van der Waals surface area contributed by atoms with Gasteiger partial charge in [0, 0.05) is 59.6 Å². The van der Waals surface area contributed by atoms with Gasteiger partial charge in [0.2, 0.25) is 12.4 Å². The fourth-order valence-corrected chi connectivity index (χ4v) is 8.33. The molecule has 0 bridgehead atoms. The minimum atomic E-state index is -1.56. The molecular formula is C43H65N5O10. The maximum Gasteiger partial charge on any atom is 0.303 e. The number of ether oxygens (including phenoxy) is 6. The Hall–Kier alpha value is -4.18. The fraction of sp³-hybridized carbons (Fsp3) is 0.674. The molecule has 3 saturated heterocycles. The summed E-state index contributed by atoms with van der Waals surface area (Å²) in [6, 6.07) is 6.13. The van der Waals surface area contributed by atoms with E-state index in [-0.39, 0.29) is 23.9 Å². The number of hydrogen-bond donors (Lipinski definition) is 3. The van der Waals surface area contributed by atoms with E-state index in [0.717, 1.165) is 83.2 Å². The first-order chi connectivity index (χ1) is 27.5. The molecule has 0 saturated carbocycles. The molecule has 0 aliphatic carbocycles. The number of benzene rings is 1. The third-order valence-corrected chi connectivity index (χ3v) is 11.3. The Labute approximate surface area is 343 Å². The molecule has 1 spiro atoms. The molecule has 322 valence electrons. The number of carbonyl (C=O) groups is 4. The average molecular weight is 812 g/mol. The Kier molecular flexibility index (Phi) is 17.4. The summed E-state index contributed by atoms with van der Waals surface area (Å²) in [6.07, 6.45) is 3.60. The summed E-state index contributed by atoms with van der Waals surface area (Å²) in [5, 5.41) is 18.1. The van der Waals surface area contributed by atoms with Crippen LogP contribution < -0.4 is 5.73 Å². The van der Waals surface area contributed by atoms with Gasteiger partial charge in [-0.3, -0.25) is 24.6 Å². The van der Waals surface area contributed by atoms with Crippen molar-refractivity contribution in [1.82, 2.24) is 9.80 Å². The number of aryl methyl sites for hydroxylation is 1. The first-order valence-electron chi connectivity index (χ1n) is 20.6. The molecular weight excluding hydrogens is 746 g/mol. The van der Waals surface area contributed by atoms with E-state index in [4.69, 9.17) is 45.0 Å². The second kappa shape index (κ2) is 21.7. The van der Waals surface area contributed by atoms with Crippen LogP contribution in [-0.4, -0.2) is 128 Å². The Morgan fingerprint density at radius 3 is 2.14 bits per heavy atom. The number of rotatable bonds is 17. The van der Waals surface area contributed by atoms with Crippen molar-refractivity contribution < 1.29 is 47.6 Å². The van der Waals surface area contributed by atoms with Gasteiger partial charge in [0.15, 0.2) is 18.1 Å². The topological polar surface area (TPSA) is 204 Å². The van der Waals surface area contributed by atoms with E-state index in [2.05, 4.69) is 28.0 Å². The first-order valence-corrected chi connectivity index (χ1v) is 20.6. The van der Waals surface area contributed by atoms with E-state index < -0.39 is 67.1 Å². The number of carbonyl (C=O) groups excluding carboxylic acids is 4. The van der Waals surface area contributed by atoms with E-state index in [1.54, 1.807) is 0 Å². The molecule has 3 heterocycles. The summed E-state index contributed by atoms with van der Waals surface area (Å²) < 4.78 is 33.8. The smallest absolute Gasteiger partial charge is 0.303 e. The molecule has 6 atom stereocenters. The molecule has 4 N–H and O–H groups in total. The molecule has 1 aromatic carbocycles. The summed E-state index contributed by atoms with van der Waals surface area (Å²) >= 11 is 0. The second-order valence-corrected chi connectivity index (χ2v) is 16.3. The van der Waals surface area contributed by atoms with Crippen molar-refractivity contribution in [2.24, 2.45) is 23.0 Å². The number of likely N-dealkylation sites (tertiary alicyclic amines) is 2. The van der Waals surface area contributed by atoms with Crippen LogP contribution >= 0.6 is 0 Å². The van der Waals surface area contributed by atoms with E-state index >= 15 is 0 Å². The number of hydrogen-bond acceptors (Lipinski definition) is 15. The summed E-state index contributed by atoms with van der Waals surface area (Å²) in [4.78, 5) is 53.6. The van der Waals surface area contributed by atoms with E-state index in [1.165, 1.54) is 39.2 Å². The van der Waals surface area contributed by atoms with Crippen molar-refractivity contribution in [3.8, 4) is 0 Å². The maximum absolute atomic E-state index is 12.3. The van der Waals surface area contributed by atoms with Crippen LogP contribution in [-0.2, 0) is 54.0 Å². The van der Waals surface area contributed by atoms with E-state index in [0.29, 0.717) is 5.41 Å². The highest BCUT2D eigenvalue weighted by molar-refractivity contribution is 6.02. The van der Waals surface area contributed by atoms with Crippen LogP contribution in [0.2, 0.25) is 0 Å². The third kappa shape index (κ3) is 13.4. The molecule has 3 fully saturated rings. The maximum atomic E-state index is 12.3. The van der Waals surface area contributed by atoms with Gasteiger partial charge in [0.05, 0.1) is 5.92 Å².